The van der Waals surface area contributed by atoms with E-state index in [4.69, 9.17) is 4.74 Å². The first-order chi connectivity index (χ1) is 23.5. The molecule has 0 radical (unpaired) electrons. The molecule has 4 aliphatic rings. The number of morpholine rings is 1. The number of nitrogens with zero attached hydrogens (tertiary/aromatic N) is 4. The van der Waals surface area contributed by atoms with E-state index in [1.807, 2.05) is 36.4 Å². The predicted molar refractivity (Wildman–Crippen MR) is 179 cm³/mol. The van der Waals surface area contributed by atoms with E-state index < -0.39 is 28.8 Å². The minimum absolute atomic E-state index is 0.129. The van der Waals surface area contributed by atoms with Gasteiger partial charge in [-0.05, 0) is 48.1 Å². The number of halogens is 3. The van der Waals surface area contributed by atoms with Crippen LogP contribution in [0.1, 0.15) is 59.5 Å². The van der Waals surface area contributed by atoms with E-state index in [-0.39, 0.29) is 76.4 Å². The first-order valence-electron chi connectivity index (χ1n) is 16.9. The Hall–Kier alpha value is -3.72. The predicted octanol–water partition coefficient (Wildman–Crippen LogP) is 4.77. The molecule has 0 spiro atoms. The van der Waals surface area contributed by atoms with Gasteiger partial charge in [-0.25, -0.2) is 4.72 Å². The van der Waals surface area contributed by atoms with Gasteiger partial charge in [0.25, 0.3) is 11.8 Å². The van der Waals surface area contributed by atoms with Gasteiger partial charge in [0, 0.05) is 66.9 Å². The maximum absolute atomic E-state index is 14.1. The topological polar surface area (TPSA) is 104 Å². The van der Waals surface area contributed by atoms with Crippen molar-refractivity contribution < 1.29 is 35.9 Å². The third-order valence-corrected chi connectivity index (χ3v) is 11.6. The Balaban J connectivity index is 1.28. The fraction of sp³-hybridized carbons (Fsp3) is 0.486. The summed E-state index contributed by atoms with van der Waals surface area (Å²) in [6.45, 7) is 0.613. The number of amides is 2. The number of rotatable bonds is 6. The lowest BCUT2D eigenvalue weighted by Gasteiger charge is -2.35. The molecule has 3 fully saturated rings. The molecule has 2 amide bonds. The molecule has 7 rings (SSSR count). The van der Waals surface area contributed by atoms with E-state index in [9.17, 15) is 31.2 Å². The molecule has 0 atom stereocenters. The molecule has 1 N–H and O–H groups in total. The van der Waals surface area contributed by atoms with Crippen LogP contribution in [-0.4, -0.2) is 104 Å². The quantitative estimate of drug-likeness (QED) is 0.398. The molecule has 10 nitrogen and oxygen atoms in total. The van der Waals surface area contributed by atoms with E-state index in [1.165, 1.54) is 15.6 Å². The average molecular weight is 700 g/mol. The van der Waals surface area contributed by atoms with Crippen LogP contribution in [0.4, 0.5) is 13.2 Å². The van der Waals surface area contributed by atoms with Crippen LogP contribution in [0, 0.1) is 0 Å². The van der Waals surface area contributed by atoms with Gasteiger partial charge in [-0.2, -0.15) is 25.9 Å². The molecular formula is C35H40F3N5O5S. The van der Waals surface area contributed by atoms with Crippen LogP contribution in [-0.2, 0) is 26.3 Å². The highest BCUT2D eigenvalue weighted by atomic mass is 32.2. The number of fused-ring (bicyclic) bond motifs is 5. The summed E-state index contributed by atoms with van der Waals surface area (Å²) in [7, 11) is -4.08. The second-order valence-electron chi connectivity index (χ2n) is 13.3. The minimum atomic E-state index is -4.30. The van der Waals surface area contributed by atoms with Crippen molar-refractivity contribution >= 4 is 39.0 Å². The fourth-order valence-corrected chi connectivity index (χ4v) is 8.85. The highest BCUT2D eigenvalue weighted by Gasteiger charge is 2.35. The van der Waals surface area contributed by atoms with Crippen molar-refractivity contribution in [1.82, 2.24) is 23.4 Å². The number of carbonyl (C=O) groups excluding carboxylic acids is 2. The normalized spacial score (nSPS) is 20.0. The Morgan fingerprint density at radius 1 is 0.918 bits per heavy atom. The van der Waals surface area contributed by atoms with Crippen molar-refractivity contribution in [3.8, 4) is 11.3 Å². The third kappa shape index (κ3) is 7.01. The summed E-state index contributed by atoms with van der Waals surface area (Å²) >= 11 is 0. The number of nitrogens with one attached hydrogen (secondary N) is 1. The number of aromatic nitrogens is 1. The summed E-state index contributed by atoms with van der Waals surface area (Å²) in [5.74, 6) is -0.720. The van der Waals surface area contributed by atoms with E-state index in [0.29, 0.717) is 5.57 Å². The monoisotopic (exact) mass is 699 g/mol. The van der Waals surface area contributed by atoms with E-state index in [1.54, 1.807) is 17.0 Å². The highest BCUT2D eigenvalue weighted by Crippen LogP contribution is 2.46. The van der Waals surface area contributed by atoms with Gasteiger partial charge in [-0.1, -0.05) is 49.6 Å². The standard InChI is InChI=1S/C35H40F3N5O5S/c36-35(37,38)23-40-12-14-41(15-13-40)34(45)27-20-25-8-4-5-9-28(25)32-31(24-6-2-1-3-7-24)29-11-10-26(21-30(29)43(32)22-27)33(44)39-49(46,47)42-16-18-48-19-17-42/h4-5,8-11,20-21,24H,1-3,6-7,12-19,22-23H2,(H,39,44). The average Bonchev–Trinajstić information content (AvgIpc) is 3.30. The van der Waals surface area contributed by atoms with Gasteiger partial charge in [0.05, 0.1) is 32.0 Å². The maximum atomic E-state index is 14.1. The molecule has 4 heterocycles. The molecule has 1 aromatic heterocycles. The number of piperazine rings is 1. The van der Waals surface area contributed by atoms with Crippen molar-refractivity contribution in [2.24, 2.45) is 0 Å². The zero-order chi connectivity index (χ0) is 34.3. The van der Waals surface area contributed by atoms with Crippen molar-refractivity contribution in [2.45, 2.75) is 50.7 Å². The summed E-state index contributed by atoms with van der Waals surface area (Å²) < 4.78 is 75.9. The summed E-state index contributed by atoms with van der Waals surface area (Å²) in [6, 6.07) is 13.1. The van der Waals surface area contributed by atoms with Gasteiger partial charge in [0.15, 0.2) is 0 Å². The van der Waals surface area contributed by atoms with Crippen LogP contribution in [0.3, 0.4) is 0 Å². The molecule has 0 bridgehead atoms. The Kier molecular flexibility index (Phi) is 9.33. The second kappa shape index (κ2) is 13.5. The van der Waals surface area contributed by atoms with Crippen molar-refractivity contribution in [1.29, 1.82) is 0 Å². The van der Waals surface area contributed by atoms with Gasteiger partial charge in [-0.15, -0.1) is 0 Å². The summed E-state index contributed by atoms with van der Waals surface area (Å²) in [4.78, 5) is 30.5. The first kappa shape index (κ1) is 33.8. The second-order valence-corrected chi connectivity index (χ2v) is 15.0. The Morgan fingerprint density at radius 3 is 2.35 bits per heavy atom. The van der Waals surface area contributed by atoms with Crippen molar-refractivity contribution in [3.63, 3.8) is 0 Å². The minimum Gasteiger partial charge on any atom is -0.379 e. The summed E-state index contributed by atoms with van der Waals surface area (Å²) in [6.07, 6.45) is 2.96. The number of carbonyl (C=O) groups is 2. The number of ether oxygens (including phenoxy) is 1. The number of benzene rings is 2. The third-order valence-electron chi connectivity index (χ3n) is 10.1. The lowest BCUT2D eigenvalue weighted by Crippen LogP contribution is -2.51. The van der Waals surface area contributed by atoms with E-state index in [2.05, 4.69) is 9.29 Å². The summed E-state index contributed by atoms with van der Waals surface area (Å²) in [5, 5.41) is 0.957. The SMILES string of the molecule is O=C(NS(=O)(=O)N1CCOCC1)c1ccc2c(C3CCCCC3)c3n(c2c1)CC(C(=O)N1CCN(CC(F)(F)F)CC1)=Cc1ccccc1-3. The molecule has 262 valence electrons. The number of hydrogen-bond donors (Lipinski definition) is 1. The molecule has 3 aliphatic heterocycles. The van der Waals surface area contributed by atoms with Crippen LogP contribution >= 0.6 is 0 Å². The Labute approximate surface area is 283 Å². The van der Waals surface area contributed by atoms with Gasteiger partial charge >= 0.3 is 16.4 Å². The molecule has 1 aliphatic carbocycles. The molecule has 49 heavy (non-hydrogen) atoms. The van der Waals surface area contributed by atoms with Crippen LogP contribution < -0.4 is 4.72 Å². The first-order valence-corrected chi connectivity index (χ1v) is 18.4. The summed E-state index contributed by atoms with van der Waals surface area (Å²) in [5.41, 5.74) is 5.36. The lowest BCUT2D eigenvalue weighted by molar-refractivity contribution is -0.151. The van der Waals surface area contributed by atoms with Crippen LogP contribution in [0.15, 0.2) is 48.0 Å². The van der Waals surface area contributed by atoms with E-state index >= 15 is 0 Å². The molecule has 14 heteroatoms. The molecule has 2 aromatic carbocycles. The highest BCUT2D eigenvalue weighted by molar-refractivity contribution is 7.87. The van der Waals surface area contributed by atoms with Crippen LogP contribution in [0.5, 0.6) is 0 Å². The van der Waals surface area contributed by atoms with Crippen LogP contribution in [0.2, 0.25) is 0 Å². The molecular weight excluding hydrogens is 659 g/mol. The van der Waals surface area contributed by atoms with Crippen molar-refractivity contribution in [3.05, 3.63) is 64.7 Å². The van der Waals surface area contributed by atoms with Gasteiger partial charge < -0.3 is 14.2 Å². The Morgan fingerprint density at radius 2 is 1.63 bits per heavy atom. The molecule has 2 saturated heterocycles. The van der Waals surface area contributed by atoms with Gasteiger partial charge in [0.1, 0.15) is 0 Å². The zero-order valence-corrected chi connectivity index (χ0v) is 28.0. The van der Waals surface area contributed by atoms with Crippen LogP contribution in [0.25, 0.3) is 28.2 Å². The molecule has 1 saturated carbocycles. The Bertz CT molecular complexity index is 1890. The van der Waals surface area contributed by atoms with E-state index in [0.717, 1.165) is 59.0 Å². The largest absolute Gasteiger partial charge is 0.401 e. The molecule has 3 aromatic rings. The smallest absolute Gasteiger partial charge is 0.379 e. The maximum Gasteiger partial charge on any atom is 0.401 e. The lowest BCUT2D eigenvalue weighted by atomic mass is 9.81. The molecule has 0 unspecified atom stereocenters. The fourth-order valence-electron chi connectivity index (χ4n) is 7.74. The number of alkyl halides is 3. The number of hydrogen-bond acceptors (Lipinski definition) is 6. The van der Waals surface area contributed by atoms with Crippen molar-refractivity contribution in [2.75, 3.05) is 59.0 Å². The van der Waals surface area contributed by atoms with Gasteiger partial charge in [-0.3, -0.25) is 14.5 Å². The zero-order valence-electron chi connectivity index (χ0n) is 27.2. The van der Waals surface area contributed by atoms with Gasteiger partial charge in [0.2, 0.25) is 0 Å².